The Hall–Kier alpha value is 3.42. The fraction of sp³-hybridized carbons (Fsp3) is 0. The Kier molecular flexibility index (Phi) is 287. The maximum absolute atomic E-state index is 8.53. The summed E-state index contributed by atoms with van der Waals surface area (Å²) in [6.45, 7) is 0. The molecule has 0 saturated carbocycles. The van der Waals surface area contributed by atoms with Gasteiger partial charge in [-0.2, -0.15) is 0 Å². The van der Waals surface area contributed by atoms with Gasteiger partial charge < -0.3 is 0 Å². The van der Waals surface area contributed by atoms with Crippen molar-refractivity contribution in [3.8, 4) is 0 Å². The summed E-state index contributed by atoms with van der Waals surface area (Å²) in [5, 5.41) is 0. The van der Waals surface area contributed by atoms with Gasteiger partial charge in [0.15, 0.2) is 0 Å². The van der Waals surface area contributed by atoms with Crippen LogP contribution in [0.15, 0.2) is 0 Å². The first kappa shape index (κ1) is 49.5. The molecule has 1 radical (unpaired) electrons. The topological polar surface area (TPSA) is 241 Å². The molecule has 0 atom stereocenters. The Morgan fingerprint density at radius 3 is 0.400 bits per heavy atom. The van der Waals surface area contributed by atoms with Crippen LogP contribution in [0.2, 0.25) is 0 Å². The Labute approximate surface area is 214 Å². The summed E-state index contributed by atoms with van der Waals surface area (Å²) in [7, 11) is 0. The molecule has 0 spiro atoms. The van der Waals surface area contributed by atoms with Crippen molar-refractivity contribution < 1.29 is 124 Å². The van der Waals surface area contributed by atoms with Gasteiger partial charge in [-0.05, 0) is 0 Å². The first-order valence-corrected chi connectivity index (χ1v) is 14.7. The van der Waals surface area contributed by atoms with Gasteiger partial charge in [0, 0.05) is 0 Å². The standard InChI is InChI=1S/Gd.6GeHO2.Lu/c;6*2-1-3;/h;6*1H;/q+3;6*-1;+3. The third-order valence-electron chi connectivity index (χ3n) is 0. The van der Waals surface area contributed by atoms with Gasteiger partial charge in [0.2, 0.25) is 0 Å². The molecule has 20 heteroatoms. The zero-order valence-electron chi connectivity index (χ0n) is 8.97. The van der Waals surface area contributed by atoms with Crippen molar-refractivity contribution in [2.75, 3.05) is 0 Å². The molecule has 0 aromatic rings. The summed E-state index contributed by atoms with van der Waals surface area (Å²) in [5.41, 5.74) is 0. The van der Waals surface area contributed by atoms with Crippen molar-refractivity contribution in [3.63, 3.8) is 0 Å². The fourth-order valence-electron chi connectivity index (χ4n) is 0. The van der Waals surface area contributed by atoms with E-state index < -0.39 is 94.2 Å². The second-order valence-corrected chi connectivity index (χ2v) is 3.00. The molecule has 20 heavy (non-hydrogen) atoms. The van der Waals surface area contributed by atoms with E-state index in [9.17, 15) is 0 Å². The SMILES string of the molecule is [Gd+3].[Lu+3].[O]=[GeH][O-].[O]=[GeH][O-].[O]=[GeH][O-].[O]=[GeH][O-].[O]=[GeH][O-].[O]=[GeH][O-]. The normalized spacial score (nSPS) is 3.60. The van der Waals surface area contributed by atoms with Crippen LogP contribution in [0.4, 0.5) is 0 Å². The van der Waals surface area contributed by atoms with Crippen LogP contribution in [-0.2, 0) is 22.7 Å². The van der Waals surface area contributed by atoms with Crippen molar-refractivity contribution in [1.82, 2.24) is 0 Å². The average molecular weight is 966 g/mol. The number of hydrogen-bond acceptors (Lipinski definition) is 12. The Balaban J connectivity index is -0.0000000141. The minimum atomic E-state index is -2.19. The monoisotopic (exact) mass is 974 g/mol. The zero-order valence-corrected chi connectivity index (χ0v) is 27.4. The molecule has 0 amide bonds. The Bertz CT molecular complexity index is 119. The molecular formula is H6GdGe6LuO12. The van der Waals surface area contributed by atoms with Crippen LogP contribution >= 0.6 is 0 Å². The molecule has 0 bridgehead atoms. The molecule has 0 aliphatic heterocycles. The zero-order chi connectivity index (χ0) is 16.2. The van der Waals surface area contributed by atoms with Gasteiger partial charge in [0.25, 0.3) is 0 Å². The van der Waals surface area contributed by atoms with Crippen LogP contribution in [0, 0.1) is 76.8 Å². The summed E-state index contributed by atoms with van der Waals surface area (Å²) >= 11 is -13.1. The van der Waals surface area contributed by atoms with E-state index in [1.165, 1.54) is 0 Å². The molecule has 0 aliphatic carbocycles. The van der Waals surface area contributed by atoms with Crippen LogP contribution in [0.3, 0.4) is 0 Å². The van der Waals surface area contributed by atoms with Crippen LogP contribution in [0.1, 0.15) is 0 Å². The first-order chi connectivity index (χ1) is 8.49. The molecule has 0 aliphatic rings. The molecule has 0 heterocycles. The van der Waals surface area contributed by atoms with Gasteiger partial charge in [-0.25, -0.2) is 0 Å². The van der Waals surface area contributed by atoms with E-state index >= 15 is 0 Å². The van der Waals surface area contributed by atoms with Gasteiger partial charge in [0.1, 0.15) is 0 Å². The molecule has 0 unspecified atom stereocenters. The number of rotatable bonds is 0. The number of hydrogen-bond donors (Lipinski definition) is 0. The maximum atomic E-state index is 8.53. The van der Waals surface area contributed by atoms with E-state index in [-0.39, 0.29) is 76.8 Å². The van der Waals surface area contributed by atoms with Gasteiger partial charge in [-0.1, -0.05) is 0 Å². The Morgan fingerprint density at radius 2 is 0.400 bits per heavy atom. The van der Waals surface area contributed by atoms with Crippen molar-refractivity contribution in [2.45, 2.75) is 0 Å². The molecular weight excluding hydrogens is 960 g/mol. The molecule has 125 valence electrons. The molecule has 0 rings (SSSR count). The van der Waals surface area contributed by atoms with E-state index in [1.54, 1.807) is 0 Å². The first-order valence-electron chi connectivity index (χ1n) is 2.83. The quantitative estimate of drug-likeness (QED) is 0.206. The van der Waals surface area contributed by atoms with Crippen LogP contribution in [0.5, 0.6) is 0 Å². The average Bonchev–Trinajstić information content (AvgIpc) is 2.23. The second kappa shape index (κ2) is 116. The summed E-state index contributed by atoms with van der Waals surface area (Å²) in [6.07, 6.45) is 0. The Morgan fingerprint density at radius 1 is 0.400 bits per heavy atom. The molecule has 0 saturated heterocycles. The third kappa shape index (κ3) is 765. The third-order valence-corrected chi connectivity index (χ3v) is 0. The van der Waals surface area contributed by atoms with E-state index in [0.29, 0.717) is 0 Å². The predicted octanol–water partition coefficient (Wildman–Crippen LogP) is -11.7. The molecule has 0 fully saturated rings. The van der Waals surface area contributed by atoms with E-state index in [2.05, 4.69) is 0 Å². The van der Waals surface area contributed by atoms with Gasteiger partial charge >= 0.3 is 219 Å². The minimum absolute atomic E-state index is 0. The summed E-state index contributed by atoms with van der Waals surface area (Å²) in [5.74, 6) is 0. The predicted molar refractivity (Wildman–Crippen MR) is 47.0 cm³/mol. The fourth-order valence-corrected chi connectivity index (χ4v) is 0. The van der Waals surface area contributed by atoms with Gasteiger partial charge in [-0.15, -0.1) is 0 Å². The summed E-state index contributed by atoms with van der Waals surface area (Å²) < 4.78 is 102. The van der Waals surface area contributed by atoms with Gasteiger partial charge in [0.05, 0.1) is 0 Å². The van der Waals surface area contributed by atoms with Crippen LogP contribution < -0.4 is 24.8 Å². The van der Waals surface area contributed by atoms with E-state index in [1.807, 2.05) is 0 Å². The molecule has 12 nitrogen and oxygen atoms in total. The second-order valence-electron chi connectivity index (χ2n) is 0.577. The summed E-state index contributed by atoms with van der Waals surface area (Å²) in [4.78, 5) is 0. The molecule has 0 aromatic carbocycles. The molecule has 0 N–H and O–H groups in total. The summed E-state index contributed by atoms with van der Waals surface area (Å²) in [6, 6.07) is 0. The van der Waals surface area contributed by atoms with Crippen molar-refractivity contribution >= 4 is 94.2 Å². The van der Waals surface area contributed by atoms with E-state index in [0.717, 1.165) is 0 Å². The van der Waals surface area contributed by atoms with Crippen LogP contribution in [0.25, 0.3) is 0 Å². The van der Waals surface area contributed by atoms with Crippen molar-refractivity contribution in [2.24, 2.45) is 0 Å². The van der Waals surface area contributed by atoms with Crippen molar-refractivity contribution in [1.29, 1.82) is 0 Å². The van der Waals surface area contributed by atoms with Crippen LogP contribution in [-0.4, -0.2) is 94.2 Å². The van der Waals surface area contributed by atoms with E-state index in [4.69, 9.17) is 47.5 Å². The molecule has 0 aromatic heterocycles. The van der Waals surface area contributed by atoms with Gasteiger partial charge in [-0.3, -0.25) is 0 Å². The van der Waals surface area contributed by atoms with Crippen molar-refractivity contribution in [3.05, 3.63) is 0 Å².